The molecule has 0 radical (unpaired) electrons. The van der Waals surface area contributed by atoms with Gasteiger partial charge in [0, 0.05) is 12.3 Å². The maximum absolute atomic E-state index is 11.2. The molecule has 0 spiro atoms. The van der Waals surface area contributed by atoms with Gasteiger partial charge in [-0.2, -0.15) is 0 Å². The Hall–Kier alpha value is -1.01. The lowest BCUT2D eigenvalue weighted by atomic mass is 10.4. The van der Waals surface area contributed by atoms with Gasteiger partial charge in [0.1, 0.15) is 5.82 Å². The van der Waals surface area contributed by atoms with Gasteiger partial charge in [-0.1, -0.05) is 18.5 Å². The summed E-state index contributed by atoms with van der Waals surface area (Å²) < 4.78 is 22.4. The molecule has 0 aliphatic carbocycles. The van der Waals surface area contributed by atoms with Crippen molar-refractivity contribution in [1.29, 1.82) is 0 Å². The molecule has 0 aliphatic heterocycles. The van der Waals surface area contributed by atoms with Crippen LogP contribution >= 0.6 is 11.6 Å². The van der Waals surface area contributed by atoms with E-state index in [0.717, 1.165) is 0 Å². The number of nitrogen functional groups attached to an aromatic ring is 1. The number of hydrogen-bond donors (Lipinski definition) is 2. The molecule has 16 heavy (non-hydrogen) atoms. The molecule has 1 aromatic rings. The van der Waals surface area contributed by atoms with Crippen LogP contribution in [0, 0.1) is 0 Å². The standard InChI is InChI=1S/C9H14ClN3O2S/c1-2-16(14,15)4-3-12-9-8(10)5-7(11)6-13-9/h5-6H,2-4,11H2,1H3,(H,12,13). The van der Waals surface area contributed by atoms with Gasteiger partial charge in [0.2, 0.25) is 0 Å². The third-order valence-corrected chi connectivity index (χ3v) is 4.00. The summed E-state index contributed by atoms with van der Waals surface area (Å²) in [5.74, 6) is 0.644. The lowest BCUT2D eigenvalue weighted by molar-refractivity contribution is 0.597. The SMILES string of the molecule is CCS(=O)(=O)CCNc1ncc(N)cc1Cl. The van der Waals surface area contributed by atoms with E-state index in [4.69, 9.17) is 17.3 Å². The van der Waals surface area contributed by atoms with Crippen LogP contribution in [-0.4, -0.2) is 31.5 Å². The molecule has 3 N–H and O–H groups in total. The van der Waals surface area contributed by atoms with Gasteiger partial charge in [0.15, 0.2) is 9.84 Å². The molecule has 1 heterocycles. The molecule has 0 bridgehead atoms. The zero-order valence-corrected chi connectivity index (χ0v) is 10.5. The monoisotopic (exact) mass is 263 g/mol. The number of sulfone groups is 1. The molecule has 0 atom stereocenters. The van der Waals surface area contributed by atoms with E-state index >= 15 is 0 Å². The first kappa shape index (κ1) is 13.1. The number of rotatable bonds is 5. The lowest BCUT2D eigenvalue weighted by Gasteiger charge is -2.07. The van der Waals surface area contributed by atoms with Crippen LogP contribution in [0.25, 0.3) is 0 Å². The van der Waals surface area contributed by atoms with Crippen molar-refractivity contribution in [3.05, 3.63) is 17.3 Å². The summed E-state index contributed by atoms with van der Waals surface area (Å²) in [6.45, 7) is 1.90. The fourth-order valence-corrected chi connectivity index (χ4v) is 2.00. The second-order valence-corrected chi connectivity index (χ2v) is 6.14. The lowest BCUT2D eigenvalue weighted by Crippen LogP contribution is -2.17. The van der Waals surface area contributed by atoms with Crippen molar-refractivity contribution in [3.8, 4) is 0 Å². The normalized spacial score (nSPS) is 11.4. The predicted molar refractivity (Wildman–Crippen MR) is 66.5 cm³/mol. The second-order valence-electron chi connectivity index (χ2n) is 3.26. The Kier molecular flexibility index (Phi) is 4.37. The highest BCUT2D eigenvalue weighted by molar-refractivity contribution is 7.91. The maximum atomic E-state index is 11.2. The van der Waals surface area contributed by atoms with E-state index in [1.54, 1.807) is 13.0 Å². The van der Waals surface area contributed by atoms with Gasteiger partial charge in [-0.15, -0.1) is 0 Å². The van der Waals surface area contributed by atoms with Crippen molar-refractivity contribution in [2.24, 2.45) is 0 Å². The van der Waals surface area contributed by atoms with Crippen molar-refractivity contribution in [1.82, 2.24) is 4.98 Å². The van der Waals surface area contributed by atoms with Crippen molar-refractivity contribution in [3.63, 3.8) is 0 Å². The quantitative estimate of drug-likeness (QED) is 0.833. The molecule has 0 fully saturated rings. The molecular formula is C9H14ClN3O2S. The fourth-order valence-electron chi connectivity index (χ4n) is 1.05. The largest absolute Gasteiger partial charge is 0.397 e. The summed E-state index contributed by atoms with van der Waals surface area (Å²) in [7, 11) is -2.97. The number of nitrogens with two attached hydrogens (primary N) is 1. The van der Waals surface area contributed by atoms with Gasteiger partial charge in [-0.25, -0.2) is 13.4 Å². The number of aromatic nitrogens is 1. The van der Waals surface area contributed by atoms with Crippen LogP contribution in [0.3, 0.4) is 0 Å². The first-order chi connectivity index (χ1) is 7.44. The van der Waals surface area contributed by atoms with Gasteiger partial charge in [-0.3, -0.25) is 0 Å². The van der Waals surface area contributed by atoms with Gasteiger partial charge in [-0.05, 0) is 6.07 Å². The van der Waals surface area contributed by atoms with Gasteiger partial charge < -0.3 is 11.1 Å². The van der Waals surface area contributed by atoms with E-state index in [-0.39, 0.29) is 18.1 Å². The minimum absolute atomic E-state index is 0.0614. The van der Waals surface area contributed by atoms with Crippen molar-refractivity contribution in [2.45, 2.75) is 6.92 Å². The number of pyridine rings is 1. The summed E-state index contributed by atoms with van der Waals surface area (Å²) in [5, 5.41) is 3.24. The Bertz CT molecular complexity index is 462. The first-order valence-electron chi connectivity index (χ1n) is 4.80. The van der Waals surface area contributed by atoms with E-state index in [2.05, 4.69) is 10.3 Å². The Morgan fingerprint density at radius 2 is 2.25 bits per heavy atom. The highest BCUT2D eigenvalue weighted by atomic mass is 35.5. The highest BCUT2D eigenvalue weighted by Crippen LogP contribution is 2.20. The van der Waals surface area contributed by atoms with Crippen LogP contribution in [0.5, 0.6) is 0 Å². The van der Waals surface area contributed by atoms with Gasteiger partial charge >= 0.3 is 0 Å². The molecule has 5 nitrogen and oxygen atoms in total. The molecule has 0 saturated carbocycles. The third kappa shape index (κ3) is 3.86. The van der Waals surface area contributed by atoms with E-state index in [1.165, 1.54) is 6.20 Å². The molecule has 0 saturated heterocycles. The van der Waals surface area contributed by atoms with E-state index in [9.17, 15) is 8.42 Å². The minimum atomic E-state index is -2.97. The summed E-state index contributed by atoms with van der Waals surface area (Å²) in [6.07, 6.45) is 1.46. The minimum Gasteiger partial charge on any atom is -0.397 e. The molecule has 0 unspecified atom stereocenters. The Morgan fingerprint density at radius 3 is 2.81 bits per heavy atom. The number of nitrogens with one attached hydrogen (secondary N) is 1. The van der Waals surface area contributed by atoms with Gasteiger partial charge in [0.05, 0.1) is 22.7 Å². The van der Waals surface area contributed by atoms with Crippen LogP contribution in [0.15, 0.2) is 12.3 Å². The molecular weight excluding hydrogens is 250 g/mol. The van der Waals surface area contributed by atoms with Crippen LogP contribution in [0.2, 0.25) is 5.02 Å². The van der Waals surface area contributed by atoms with Crippen molar-refractivity contribution in [2.75, 3.05) is 29.1 Å². The average Bonchev–Trinajstić information content (AvgIpc) is 2.21. The van der Waals surface area contributed by atoms with E-state index < -0.39 is 9.84 Å². The number of halogens is 1. The van der Waals surface area contributed by atoms with Crippen LogP contribution in [0.1, 0.15) is 6.92 Å². The van der Waals surface area contributed by atoms with Crippen LogP contribution in [-0.2, 0) is 9.84 Å². The molecule has 0 aromatic carbocycles. The summed E-state index contributed by atoms with van der Waals surface area (Å²) >= 11 is 5.86. The average molecular weight is 264 g/mol. The second kappa shape index (κ2) is 5.36. The van der Waals surface area contributed by atoms with E-state index in [1.807, 2.05) is 0 Å². The molecule has 90 valence electrons. The molecule has 1 aromatic heterocycles. The maximum Gasteiger partial charge on any atom is 0.151 e. The Balaban J connectivity index is 2.56. The van der Waals surface area contributed by atoms with Crippen molar-refractivity contribution >= 4 is 32.9 Å². The smallest absolute Gasteiger partial charge is 0.151 e. The zero-order chi connectivity index (χ0) is 12.2. The van der Waals surface area contributed by atoms with Crippen LogP contribution < -0.4 is 11.1 Å². The van der Waals surface area contributed by atoms with Crippen LogP contribution in [0.4, 0.5) is 11.5 Å². The summed E-state index contributed by atoms with van der Waals surface area (Å²) in [5.41, 5.74) is 5.95. The molecule has 0 aliphatic rings. The predicted octanol–water partition coefficient (Wildman–Crippen LogP) is 1.16. The Morgan fingerprint density at radius 1 is 1.56 bits per heavy atom. The Labute approximate surface area is 99.9 Å². The number of anilines is 2. The fraction of sp³-hybridized carbons (Fsp3) is 0.444. The summed E-state index contributed by atoms with van der Waals surface area (Å²) in [4.78, 5) is 3.96. The molecule has 7 heteroatoms. The van der Waals surface area contributed by atoms with Crippen molar-refractivity contribution < 1.29 is 8.42 Å². The number of hydrogen-bond acceptors (Lipinski definition) is 5. The van der Waals surface area contributed by atoms with E-state index in [0.29, 0.717) is 16.5 Å². The summed E-state index contributed by atoms with van der Waals surface area (Å²) in [6, 6.07) is 1.56. The zero-order valence-electron chi connectivity index (χ0n) is 8.90. The third-order valence-electron chi connectivity index (χ3n) is 2.01. The topological polar surface area (TPSA) is 85.1 Å². The van der Waals surface area contributed by atoms with Gasteiger partial charge in [0.25, 0.3) is 0 Å². The molecule has 0 amide bonds. The highest BCUT2D eigenvalue weighted by Gasteiger charge is 2.07. The molecule has 1 rings (SSSR count). The first-order valence-corrected chi connectivity index (χ1v) is 7.00. The number of nitrogens with zero attached hydrogens (tertiary/aromatic N) is 1.